The fraction of sp³-hybridized carbons (Fsp3) is 0.615. The first-order valence-electron chi connectivity index (χ1n) is 6.06. The van der Waals surface area contributed by atoms with Gasteiger partial charge in [0.25, 0.3) is 0 Å². The van der Waals surface area contributed by atoms with E-state index in [9.17, 15) is 0 Å². The van der Waals surface area contributed by atoms with Gasteiger partial charge in [0.1, 0.15) is 0 Å². The van der Waals surface area contributed by atoms with Gasteiger partial charge in [-0.15, -0.1) is 11.6 Å². The lowest BCUT2D eigenvalue weighted by atomic mass is 9.83. The molecule has 0 spiro atoms. The molecule has 1 fully saturated rings. The Labute approximate surface area is 102 Å². The minimum Gasteiger partial charge on any atom is -0.304 e. The van der Waals surface area contributed by atoms with E-state index in [1.54, 1.807) is 0 Å². The third-order valence-corrected chi connectivity index (χ3v) is 3.95. The summed E-state index contributed by atoms with van der Waals surface area (Å²) in [6.45, 7) is 0.827. The maximum absolute atomic E-state index is 6.12. The number of nitrogens with one attached hydrogen (secondary N) is 1. The van der Waals surface area contributed by atoms with Gasteiger partial charge in [-0.1, -0.05) is 25.3 Å². The van der Waals surface area contributed by atoms with E-state index in [0.29, 0.717) is 5.88 Å². The summed E-state index contributed by atoms with van der Waals surface area (Å²) in [6, 6.07) is 6.03. The molecule has 1 heterocycles. The van der Waals surface area contributed by atoms with Crippen molar-refractivity contribution in [1.29, 1.82) is 0 Å². The molecule has 0 aliphatic heterocycles. The summed E-state index contributed by atoms with van der Waals surface area (Å²) in [6.07, 6.45) is 8.17. The first-order chi connectivity index (χ1) is 7.85. The van der Waals surface area contributed by atoms with Crippen LogP contribution < -0.4 is 5.32 Å². The second kappa shape index (κ2) is 5.65. The molecule has 1 aliphatic rings. The van der Waals surface area contributed by atoms with E-state index in [2.05, 4.69) is 16.4 Å². The highest BCUT2D eigenvalue weighted by atomic mass is 35.5. The molecule has 0 unspecified atom stereocenters. The molecule has 2 nitrogen and oxygen atoms in total. The van der Waals surface area contributed by atoms with Crippen LogP contribution >= 0.6 is 11.6 Å². The van der Waals surface area contributed by atoms with Crippen LogP contribution in [0.15, 0.2) is 24.4 Å². The first-order valence-corrected chi connectivity index (χ1v) is 6.59. The minimum atomic E-state index is 0.150. The highest BCUT2D eigenvalue weighted by Crippen LogP contribution is 2.29. The van der Waals surface area contributed by atoms with Crippen LogP contribution in [0.25, 0.3) is 0 Å². The molecular weight excluding hydrogens is 220 g/mol. The fourth-order valence-electron chi connectivity index (χ4n) is 2.37. The minimum absolute atomic E-state index is 0.150. The summed E-state index contributed by atoms with van der Waals surface area (Å²) in [4.78, 5) is 4.32. The smallest absolute Gasteiger partial charge is 0.0541 e. The van der Waals surface area contributed by atoms with E-state index in [1.165, 1.54) is 32.1 Å². The van der Waals surface area contributed by atoms with Crippen LogP contribution in [0.2, 0.25) is 0 Å². The zero-order valence-electron chi connectivity index (χ0n) is 9.58. The van der Waals surface area contributed by atoms with E-state index in [0.717, 1.165) is 12.2 Å². The summed E-state index contributed by atoms with van der Waals surface area (Å²) in [5, 5.41) is 3.61. The van der Waals surface area contributed by atoms with Crippen LogP contribution in [0.3, 0.4) is 0 Å². The average Bonchev–Trinajstić information content (AvgIpc) is 2.39. The number of hydrogen-bond acceptors (Lipinski definition) is 2. The molecule has 1 aromatic heterocycles. The van der Waals surface area contributed by atoms with E-state index >= 15 is 0 Å². The van der Waals surface area contributed by atoms with Crippen LogP contribution in [0.5, 0.6) is 0 Å². The van der Waals surface area contributed by atoms with E-state index in [1.807, 2.05) is 18.3 Å². The second-order valence-corrected chi connectivity index (χ2v) is 4.92. The van der Waals surface area contributed by atoms with Crippen LogP contribution in [-0.4, -0.2) is 16.4 Å². The molecule has 1 saturated carbocycles. The maximum atomic E-state index is 6.12. The molecule has 1 N–H and O–H groups in total. The number of aromatic nitrogens is 1. The van der Waals surface area contributed by atoms with Crippen molar-refractivity contribution in [3.63, 3.8) is 0 Å². The van der Waals surface area contributed by atoms with Crippen molar-refractivity contribution in [3.05, 3.63) is 30.1 Å². The highest BCUT2D eigenvalue weighted by Gasteiger charge is 2.30. The van der Waals surface area contributed by atoms with E-state index < -0.39 is 0 Å². The van der Waals surface area contributed by atoms with Gasteiger partial charge in [0.05, 0.1) is 5.69 Å². The Morgan fingerprint density at radius 3 is 2.69 bits per heavy atom. The standard InChI is InChI=1S/C13H19ClN2/c14-11-13(7-3-1-4-8-13)16-10-12-6-2-5-9-15-12/h2,5-6,9,16H,1,3-4,7-8,10-11H2. The number of rotatable bonds is 4. The molecule has 3 heteroatoms. The Hall–Kier alpha value is -0.600. The molecule has 0 radical (unpaired) electrons. The van der Waals surface area contributed by atoms with Crippen molar-refractivity contribution in [1.82, 2.24) is 10.3 Å². The third-order valence-electron chi connectivity index (χ3n) is 3.44. The summed E-state index contributed by atoms with van der Waals surface area (Å²) < 4.78 is 0. The van der Waals surface area contributed by atoms with Crippen molar-refractivity contribution < 1.29 is 0 Å². The lowest BCUT2D eigenvalue weighted by Gasteiger charge is -2.36. The van der Waals surface area contributed by atoms with Gasteiger partial charge in [0.15, 0.2) is 0 Å². The van der Waals surface area contributed by atoms with E-state index in [-0.39, 0.29) is 5.54 Å². The number of nitrogens with zero attached hydrogens (tertiary/aromatic N) is 1. The van der Waals surface area contributed by atoms with E-state index in [4.69, 9.17) is 11.6 Å². The Morgan fingerprint density at radius 2 is 2.06 bits per heavy atom. The van der Waals surface area contributed by atoms with Crippen molar-refractivity contribution >= 4 is 11.6 Å². The lowest BCUT2D eigenvalue weighted by Crippen LogP contribution is -2.48. The quantitative estimate of drug-likeness (QED) is 0.816. The highest BCUT2D eigenvalue weighted by molar-refractivity contribution is 6.18. The Bertz CT molecular complexity index is 307. The molecule has 16 heavy (non-hydrogen) atoms. The number of halogens is 1. The van der Waals surface area contributed by atoms with Gasteiger partial charge in [0.2, 0.25) is 0 Å². The fourth-order valence-corrected chi connectivity index (χ4v) is 2.73. The number of alkyl halides is 1. The monoisotopic (exact) mass is 238 g/mol. The van der Waals surface area contributed by atoms with Crippen LogP contribution in [0, 0.1) is 0 Å². The predicted molar refractivity (Wildman–Crippen MR) is 67.6 cm³/mol. The van der Waals surface area contributed by atoms with Crippen LogP contribution in [-0.2, 0) is 6.54 Å². The molecule has 0 bridgehead atoms. The molecular formula is C13H19ClN2. The van der Waals surface area contributed by atoms with Gasteiger partial charge in [0, 0.05) is 24.2 Å². The lowest BCUT2D eigenvalue weighted by molar-refractivity contribution is 0.255. The van der Waals surface area contributed by atoms with Crippen molar-refractivity contribution in [2.75, 3.05) is 5.88 Å². The molecule has 0 aromatic carbocycles. The summed E-state index contributed by atoms with van der Waals surface area (Å²) >= 11 is 6.12. The number of pyridine rings is 1. The van der Waals surface area contributed by atoms with Crippen LogP contribution in [0.4, 0.5) is 0 Å². The molecule has 0 saturated heterocycles. The predicted octanol–water partition coefficient (Wildman–Crippen LogP) is 3.11. The molecule has 1 aliphatic carbocycles. The van der Waals surface area contributed by atoms with Gasteiger partial charge in [-0.2, -0.15) is 0 Å². The van der Waals surface area contributed by atoms with Gasteiger partial charge in [-0.25, -0.2) is 0 Å². The van der Waals surface area contributed by atoms with Gasteiger partial charge in [-0.05, 0) is 25.0 Å². The molecule has 0 amide bonds. The normalized spacial score (nSPS) is 19.6. The van der Waals surface area contributed by atoms with Crippen molar-refractivity contribution in [2.45, 2.75) is 44.2 Å². The van der Waals surface area contributed by atoms with Crippen LogP contribution in [0.1, 0.15) is 37.8 Å². The Morgan fingerprint density at radius 1 is 1.25 bits per heavy atom. The summed E-state index contributed by atoms with van der Waals surface area (Å²) in [5.41, 5.74) is 1.25. The topological polar surface area (TPSA) is 24.9 Å². The second-order valence-electron chi connectivity index (χ2n) is 4.65. The molecule has 0 atom stereocenters. The SMILES string of the molecule is ClCC1(NCc2ccccn2)CCCCC1. The molecule has 2 rings (SSSR count). The van der Waals surface area contributed by atoms with Gasteiger partial charge in [-0.3, -0.25) is 4.98 Å². The summed E-state index contributed by atoms with van der Waals surface area (Å²) in [7, 11) is 0. The van der Waals surface area contributed by atoms with Gasteiger partial charge >= 0.3 is 0 Å². The Balaban J connectivity index is 1.92. The van der Waals surface area contributed by atoms with Crippen molar-refractivity contribution in [3.8, 4) is 0 Å². The zero-order valence-corrected chi connectivity index (χ0v) is 10.3. The largest absolute Gasteiger partial charge is 0.304 e. The molecule has 88 valence electrons. The molecule has 1 aromatic rings. The first kappa shape index (κ1) is 11.9. The van der Waals surface area contributed by atoms with Gasteiger partial charge < -0.3 is 5.32 Å². The summed E-state index contributed by atoms with van der Waals surface area (Å²) in [5.74, 6) is 0.708. The Kier molecular flexibility index (Phi) is 4.19. The maximum Gasteiger partial charge on any atom is 0.0541 e. The van der Waals surface area contributed by atoms with Crippen molar-refractivity contribution in [2.24, 2.45) is 0 Å². The third kappa shape index (κ3) is 2.96. The average molecular weight is 239 g/mol. The number of hydrogen-bond donors (Lipinski definition) is 1. The zero-order chi connectivity index (χ0) is 11.3.